The van der Waals surface area contributed by atoms with Gasteiger partial charge in [-0.25, -0.2) is 9.37 Å². The van der Waals surface area contributed by atoms with E-state index in [2.05, 4.69) is 9.97 Å². The maximum Gasteiger partial charge on any atom is 0.170 e. The minimum absolute atomic E-state index is 0.160. The summed E-state index contributed by atoms with van der Waals surface area (Å²) in [6.45, 7) is 0. The molecule has 108 valence electrons. The molecule has 0 atom stereocenters. The Morgan fingerprint density at radius 3 is 2.91 bits per heavy atom. The predicted octanol–water partition coefficient (Wildman–Crippen LogP) is 3.02. The van der Waals surface area contributed by atoms with Gasteiger partial charge >= 0.3 is 0 Å². The summed E-state index contributed by atoms with van der Waals surface area (Å²) in [7, 11) is 0. The van der Waals surface area contributed by atoms with Crippen LogP contribution in [0.4, 0.5) is 10.2 Å². The van der Waals surface area contributed by atoms with Crippen molar-refractivity contribution < 1.29 is 9.18 Å². The number of aromatic nitrogens is 3. The van der Waals surface area contributed by atoms with Crippen molar-refractivity contribution >= 4 is 28.7 Å². The fraction of sp³-hybridized carbons (Fsp3) is 0. The largest absolute Gasteiger partial charge is 0.382 e. The standard InChI is InChI=1S/C16H11FN4O/c17-11-2-3-12-10(5-6-19-12)15(11)9-1-4-14-20-16(18)13(8-22)21(14)7-9/h1-8,19H,18H2. The molecule has 3 heterocycles. The summed E-state index contributed by atoms with van der Waals surface area (Å²) in [5, 5.41) is 0.778. The van der Waals surface area contributed by atoms with E-state index >= 15 is 0 Å². The van der Waals surface area contributed by atoms with Gasteiger partial charge in [0.1, 0.15) is 17.2 Å². The van der Waals surface area contributed by atoms with Gasteiger partial charge in [0.2, 0.25) is 0 Å². The molecule has 0 amide bonds. The zero-order valence-corrected chi connectivity index (χ0v) is 11.4. The molecule has 0 aliphatic rings. The van der Waals surface area contributed by atoms with Crippen LogP contribution in [0.3, 0.4) is 0 Å². The smallest absolute Gasteiger partial charge is 0.170 e. The van der Waals surface area contributed by atoms with E-state index in [0.717, 1.165) is 10.9 Å². The van der Waals surface area contributed by atoms with E-state index in [-0.39, 0.29) is 17.3 Å². The van der Waals surface area contributed by atoms with Crippen LogP contribution >= 0.6 is 0 Å². The normalized spacial score (nSPS) is 11.3. The zero-order valence-electron chi connectivity index (χ0n) is 11.4. The molecule has 6 heteroatoms. The highest BCUT2D eigenvalue weighted by atomic mass is 19.1. The molecule has 0 spiro atoms. The van der Waals surface area contributed by atoms with Gasteiger partial charge in [-0.3, -0.25) is 9.20 Å². The number of anilines is 1. The van der Waals surface area contributed by atoms with Gasteiger partial charge in [-0.15, -0.1) is 0 Å². The third kappa shape index (κ3) is 1.64. The van der Waals surface area contributed by atoms with Crippen LogP contribution in [0.15, 0.2) is 42.7 Å². The average molecular weight is 294 g/mol. The molecular weight excluding hydrogens is 283 g/mol. The van der Waals surface area contributed by atoms with Gasteiger partial charge in [-0.2, -0.15) is 0 Å². The van der Waals surface area contributed by atoms with E-state index in [1.807, 2.05) is 6.07 Å². The van der Waals surface area contributed by atoms with Gasteiger partial charge in [-0.1, -0.05) is 0 Å². The Kier molecular flexibility index (Phi) is 2.53. The summed E-state index contributed by atoms with van der Waals surface area (Å²) >= 11 is 0. The van der Waals surface area contributed by atoms with Gasteiger partial charge < -0.3 is 10.7 Å². The Labute approximate surface area is 124 Å². The van der Waals surface area contributed by atoms with Crippen LogP contribution < -0.4 is 5.73 Å². The number of fused-ring (bicyclic) bond motifs is 2. The molecule has 4 rings (SSSR count). The van der Waals surface area contributed by atoms with Crippen molar-refractivity contribution in [3.05, 3.63) is 54.2 Å². The second kappa shape index (κ2) is 4.42. The summed E-state index contributed by atoms with van der Waals surface area (Å²) in [5.74, 6) is -0.167. The van der Waals surface area contributed by atoms with Crippen LogP contribution in [0.1, 0.15) is 10.5 Å². The Morgan fingerprint density at radius 2 is 2.09 bits per heavy atom. The number of nitrogens with zero attached hydrogens (tertiary/aromatic N) is 2. The van der Waals surface area contributed by atoms with Gasteiger partial charge in [-0.05, 0) is 30.3 Å². The number of aromatic amines is 1. The summed E-state index contributed by atoms with van der Waals surface area (Å²) in [4.78, 5) is 18.3. The molecule has 0 unspecified atom stereocenters. The molecule has 0 fully saturated rings. The zero-order chi connectivity index (χ0) is 15.3. The number of hydrogen-bond donors (Lipinski definition) is 2. The first-order valence-electron chi connectivity index (χ1n) is 6.68. The van der Waals surface area contributed by atoms with Gasteiger partial charge in [0.15, 0.2) is 12.1 Å². The Bertz CT molecular complexity index is 1030. The number of H-pyrrole nitrogens is 1. The van der Waals surface area contributed by atoms with Crippen LogP contribution in [0.25, 0.3) is 27.7 Å². The monoisotopic (exact) mass is 294 g/mol. The third-order valence-corrected chi connectivity index (χ3v) is 3.77. The SMILES string of the molecule is Nc1nc2ccc(-c3c(F)ccc4[nH]ccc34)cn2c1C=O. The van der Waals surface area contributed by atoms with Gasteiger partial charge in [0.05, 0.1) is 0 Å². The number of aldehydes is 1. The topological polar surface area (TPSA) is 76.2 Å². The third-order valence-electron chi connectivity index (χ3n) is 3.77. The van der Waals surface area contributed by atoms with E-state index < -0.39 is 0 Å². The molecule has 0 saturated heterocycles. The fourth-order valence-corrected chi connectivity index (χ4v) is 2.75. The van der Waals surface area contributed by atoms with Crippen LogP contribution in [0.2, 0.25) is 0 Å². The summed E-state index contributed by atoms with van der Waals surface area (Å²) in [6, 6.07) is 8.41. The lowest BCUT2D eigenvalue weighted by atomic mass is 10.0. The lowest BCUT2D eigenvalue weighted by Gasteiger charge is -2.07. The van der Waals surface area contributed by atoms with Crippen molar-refractivity contribution in [1.29, 1.82) is 0 Å². The fourth-order valence-electron chi connectivity index (χ4n) is 2.75. The molecule has 0 aliphatic heterocycles. The summed E-state index contributed by atoms with van der Waals surface area (Å²) in [5.41, 5.74) is 8.49. The molecule has 22 heavy (non-hydrogen) atoms. The minimum Gasteiger partial charge on any atom is -0.382 e. The maximum atomic E-state index is 14.3. The number of rotatable bonds is 2. The predicted molar refractivity (Wildman–Crippen MR) is 82.2 cm³/mol. The molecule has 3 aromatic heterocycles. The Morgan fingerprint density at radius 1 is 1.23 bits per heavy atom. The molecular formula is C16H11FN4O. The molecule has 0 saturated carbocycles. The number of nitrogen functional groups attached to an aromatic ring is 1. The number of carbonyl (C=O) groups excluding carboxylic acids is 1. The molecule has 4 aromatic rings. The molecule has 0 bridgehead atoms. The molecule has 0 aliphatic carbocycles. The number of halogens is 1. The number of benzene rings is 1. The van der Waals surface area contributed by atoms with Gasteiger partial charge in [0.25, 0.3) is 0 Å². The van der Waals surface area contributed by atoms with Crippen molar-refractivity contribution in [2.24, 2.45) is 0 Å². The minimum atomic E-state index is -0.327. The molecule has 5 nitrogen and oxygen atoms in total. The van der Waals surface area contributed by atoms with Crippen molar-refractivity contribution in [1.82, 2.24) is 14.4 Å². The van der Waals surface area contributed by atoms with Crippen LogP contribution in [0, 0.1) is 5.82 Å². The van der Waals surface area contributed by atoms with Crippen molar-refractivity contribution in [2.45, 2.75) is 0 Å². The van der Waals surface area contributed by atoms with E-state index in [0.29, 0.717) is 23.1 Å². The number of nitrogens with two attached hydrogens (primary N) is 1. The highest BCUT2D eigenvalue weighted by Gasteiger charge is 2.14. The van der Waals surface area contributed by atoms with Crippen molar-refractivity contribution in [3.8, 4) is 11.1 Å². The van der Waals surface area contributed by atoms with Gasteiger partial charge in [0, 0.05) is 34.4 Å². The first-order valence-corrected chi connectivity index (χ1v) is 6.68. The van der Waals surface area contributed by atoms with Crippen LogP contribution in [-0.4, -0.2) is 20.7 Å². The maximum absolute atomic E-state index is 14.3. The van der Waals surface area contributed by atoms with Crippen LogP contribution in [0.5, 0.6) is 0 Å². The van der Waals surface area contributed by atoms with Crippen LogP contribution in [-0.2, 0) is 0 Å². The van der Waals surface area contributed by atoms with E-state index in [4.69, 9.17) is 5.73 Å². The average Bonchev–Trinajstić information content (AvgIpc) is 3.09. The highest BCUT2D eigenvalue weighted by molar-refractivity contribution is 5.95. The number of nitrogens with one attached hydrogen (secondary N) is 1. The quantitative estimate of drug-likeness (QED) is 0.558. The Hall–Kier alpha value is -3.15. The van der Waals surface area contributed by atoms with E-state index in [9.17, 15) is 9.18 Å². The summed E-state index contributed by atoms with van der Waals surface area (Å²) in [6.07, 6.45) is 4.08. The lowest BCUT2D eigenvalue weighted by Crippen LogP contribution is -1.96. The van der Waals surface area contributed by atoms with Crippen molar-refractivity contribution in [3.63, 3.8) is 0 Å². The first-order chi connectivity index (χ1) is 10.7. The second-order valence-corrected chi connectivity index (χ2v) is 5.01. The molecule has 0 radical (unpaired) electrons. The van der Waals surface area contributed by atoms with E-state index in [1.165, 1.54) is 6.07 Å². The van der Waals surface area contributed by atoms with Crippen molar-refractivity contribution in [2.75, 3.05) is 5.73 Å². The number of imidazole rings is 1. The highest BCUT2D eigenvalue weighted by Crippen LogP contribution is 2.31. The molecule has 3 N–H and O–H groups in total. The summed E-state index contributed by atoms with van der Waals surface area (Å²) < 4.78 is 15.9. The van der Waals surface area contributed by atoms with E-state index in [1.54, 1.807) is 35.0 Å². The Balaban J connectivity index is 2.06. The first kappa shape index (κ1) is 12.6. The second-order valence-electron chi connectivity index (χ2n) is 5.01. The lowest BCUT2D eigenvalue weighted by molar-refractivity contribution is 0.111. The number of hydrogen-bond acceptors (Lipinski definition) is 3. The number of pyridine rings is 1. The number of carbonyl (C=O) groups is 1. The molecule has 1 aromatic carbocycles.